The summed E-state index contributed by atoms with van der Waals surface area (Å²) in [6.45, 7) is 5.49. The Bertz CT molecular complexity index is 969. The Kier molecular flexibility index (Phi) is 5.12. The van der Waals surface area contributed by atoms with Gasteiger partial charge in [-0.3, -0.25) is 9.69 Å². The van der Waals surface area contributed by atoms with Crippen LogP contribution in [-0.4, -0.2) is 37.9 Å². The van der Waals surface area contributed by atoms with Crippen LogP contribution >= 0.6 is 0 Å². The monoisotopic (exact) mass is 378 g/mol. The van der Waals surface area contributed by atoms with Gasteiger partial charge in [0.25, 0.3) is 5.91 Å². The maximum atomic E-state index is 12.6. The lowest BCUT2D eigenvalue weighted by Gasteiger charge is -2.23. The molecule has 1 N–H and O–H groups in total. The Balaban J connectivity index is 1.47. The molecular weight excluding hydrogens is 356 g/mol. The topological polar surface area (TPSA) is 97.0 Å². The van der Waals surface area contributed by atoms with Crippen molar-refractivity contribution in [3.8, 4) is 0 Å². The van der Waals surface area contributed by atoms with Crippen LogP contribution in [0, 0.1) is 13.8 Å². The van der Waals surface area contributed by atoms with Crippen molar-refractivity contribution < 1.29 is 9.42 Å². The van der Waals surface area contributed by atoms with Crippen LogP contribution in [0.3, 0.4) is 0 Å². The van der Waals surface area contributed by atoms with Crippen molar-refractivity contribution >= 4 is 11.7 Å². The molecule has 8 heteroatoms. The molecule has 4 rings (SSSR count). The zero-order chi connectivity index (χ0) is 19.5. The summed E-state index contributed by atoms with van der Waals surface area (Å²) in [5.41, 5.74) is 4.21. The summed E-state index contributed by atoms with van der Waals surface area (Å²) >= 11 is 0. The number of aryl methyl sites for hydroxylation is 2. The molecule has 1 unspecified atom stereocenters. The average Bonchev–Trinajstić information content (AvgIpc) is 3.32. The second kappa shape index (κ2) is 7.85. The first-order chi connectivity index (χ1) is 13.6. The molecule has 28 heavy (non-hydrogen) atoms. The number of hydrogen-bond donors (Lipinski definition) is 1. The molecule has 1 aromatic carbocycles. The smallest absolute Gasteiger partial charge is 0.256 e. The van der Waals surface area contributed by atoms with Crippen molar-refractivity contribution in [2.24, 2.45) is 0 Å². The Morgan fingerprint density at radius 1 is 1.21 bits per heavy atom. The number of likely N-dealkylation sites (tertiary alicyclic amines) is 1. The van der Waals surface area contributed by atoms with Gasteiger partial charge in [0.05, 0.1) is 11.7 Å². The van der Waals surface area contributed by atoms with Crippen LogP contribution in [0.5, 0.6) is 0 Å². The molecule has 0 spiro atoms. The molecule has 0 saturated carbocycles. The van der Waals surface area contributed by atoms with Crippen LogP contribution in [0.4, 0.5) is 5.82 Å². The highest BCUT2D eigenvalue weighted by atomic mass is 16.6. The van der Waals surface area contributed by atoms with E-state index in [1.807, 2.05) is 38.1 Å². The van der Waals surface area contributed by atoms with Gasteiger partial charge in [0.2, 0.25) is 0 Å². The highest BCUT2D eigenvalue weighted by molar-refractivity contribution is 6.03. The number of carbonyl (C=O) groups excluding carboxylic acids is 1. The third-order valence-corrected chi connectivity index (χ3v) is 4.98. The maximum Gasteiger partial charge on any atom is 0.256 e. The van der Waals surface area contributed by atoms with E-state index >= 15 is 0 Å². The largest absolute Gasteiger partial charge is 0.305 e. The van der Waals surface area contributed by atoms with Crippen LogP contribution in [0.15, 0.2) is 41.0 Å². The first-order valence-corrected chi connectivity index (χ1v) is 9.34. The zero-order valence-electron chi connectivity index (χ0n) is 15.9. The fourth-order valence-corrected chi connectivity index (χ4v) is 3.56. The van der Waals surface area contributed by atoms with Crippen LogP contribution < -0.4 is 5.32 Å². The number of hydrogen-bond acceptors (Lipinski definition) is 7. The second-order valence-electron chi connectivity index (χ2n) is 7.08. The van der Waals surface area contributed by atoms with Crippen molar-refractivity contribution in [1.82, 2.24) is 25.4 Å². The van der Waals surface area contributed by atoms with Gasteiger partial charge in [0, 0.05) is 12.1 Å². The van der Waals surface area contributed by atoms with Gasteiger partial charge in [-0.2, -0.15) is 5.10 Å². The number of nitrogens with zero attached hydrogens (tertiary/aromatic N) is 5. The van der Waals surface area contributed by atoms with Crippen molar-refractivity contribution in [2.75, 3.05) is 11.9 Å². The van der Waals surface area contributed by atoms with Crippen LogP contribution in [0.2, 0.25) is 0 Å². The van der Waals surface area contributed by atoms with Crippen LogP contribution in [0.1, 0.15) is 51.9 Å². The minimum Gasteiger partial charge on any atom is -0.305 e. The molecule has 1 amide bonds. The fraction of sp³-hybridized carbons (Fsp3) is 0.350. The van der Waals surface area contributed by atoms with E-state index in [2.05, 4.69) is 30.7 Å². The molecule has 0 aliphatic carbocycles. The molecule has 3 heterocycles. The van der Waals surface area contributed by atoms with Gasteiger partial charge in [0.1, 0.15) is 11.4 Å². The Morgan fingerprint density at radius 2 is 2.11 bits per heavy atom. The lowest BCUT2D eigenvalue weighted by molar-refractivity contribution is 0.102. The van der Waals surface area contributed by atoms with E-state index in [1.54, 1.807) is 12.1 Å². The van der Waals surface area contributed by atoms with Crippen molar-refractivity contribution in [3.63, 3.8) is 0 Å². The molecule has 1 aliphatic rings. The van der Waals surface area contributed by atoms with Gasteiger partial charge in [-0.05, 0) is 63.1 Å². The summed E-state index contributed by atoms with van der Waals surface area (Å²) in [7, 11) is 0. The molecule has 0 radical (unpaired) electrons. The van der Waals surface area contributed by atoms with Crippen molar-refractivity contribution in [3.05, 3.63) is 64.6 Å². The van der Waals surface area contributed by atoms with Gasteiger partial charge < -0.3 is 5.32 Å². The lowest BCUT2D eigenvalue weighted by Crippen LogP contribution is -2.24. The molecular formula is C20H22N6O2. The number of benzene rings is 1. The normalized spacial score (nSPS) is 17.0. The number of nitrogens with one attached hydrogen (secondary N) is 1. The van der Waals surface area contributed by atoms with E-state index < -0.39 is 0 Å². The molecule has 1 fully saturated rings. The summed E-state index contributed by atoms with van der Waals surface area (Å²) in [4.78, 5) is 14.9. The second-order valence-corrected chi connectivity index (χ2v) is 7.08. The Labute approximate surface area is 162 Å². The number of rotatable bonds is 5. The first-order valence-electron chi connectivity index (χ1n) is 9.34. The van der Waals surface area contributed by atoms with Gasteiger partial charge in [-0.25, -0.2) is 4.63 Å². The van der Waals surface area contributed by atoms with E-state index in [1.165, 1.54) is 0 Å². The third kappa shape index (κ3) is 3.91. The zero-order valence-corrected chi connectivity index (χ0v) is 15.9. The molecule has 144 valence electrons. The maximum absolute atomic E-state index is 12.6. The quantitative estimate of drug-likeness (QED) is 0.729. The van der Waals surface area contributed by atoms with Crippen molar-refractivity contribution in [1.29, 1.82) is 0 Å². The van der Waals surface area contributed by atoms with E-state index in [4.69, 9.17) is 4.63 Å². The number of amides is 1. The summed E-state index contributed by atoms with van der Waals surface area (Å²) < 4.78 is 4.88. The number of aromatic nitrogens is 4. The number of anilines is 1. The van der Waals surface area contributed by atoms with Gasteiger partial charge in [-0.15, -0.1) is 5.10 Å². The van der Waals surface area contributed by atoms with E-state index in [-0.39, 0.29) is 11.9 Å². The summed E-state index contributed by atoms with van der Waals surface area (Å²) in [5.74, 6) is 0.240. The molecule has 2 aromatic heterocycles. The highest BCUT2D eigenvalue weighted by Crippen LogP contribution is 2.33. The highest BCUT2D eigenvalue weighted by Gasteiger charge is 2.30. The molecule has 1 saturated heterocycles. The van der Waals surface area contributed by atoms with Crippen molar-refractivity contribution in [2.45, 2.75) is 39.3 Å². The fourth-order valence-electron chi connectivity index (χ4n) is 3.56. The summed E-state index contributed by atoms with van der Waals surface area (Å²) in [6.07, 6.45) is 2.13. The first kappa shape index (κ1) is 18.2. The standard InChI is InChI=1S/C20H22N6O2/c1-13-8-9-18(23-22-13)21-20(27)16-6-3-5-15(11-16)12-26-10-4-7-17(26)19-14(2)24-28-25-19/h3,5-6,8-9,11,17H,4,7,10,12H2,1-2H3,(H,21,23,27). The third-order valence-electron chi connectivity index (χ3n) is 4.98. The van der Waals surface area contributed by atoms with E-state index in [0.29, 0.717) is 11.4 Å². The molecule has 0 bridgehead atoms. The minimum atomic E-state index is -0.200. The molecule has 1 atom stereocenters. The molecule has 3 aromatic rings. The molecule has 8 nitrogen and oxygen atoms in total. The molecule has 1 aliphatic heterocycles. The van der Waals surface area contributed by atoms with Gasteiger partial charge in [-0.1, -0.05) is 22.4 Å². The van der Waals surface area contributed by atoms with Crippen LogP contribution in [-0.2, 0) is 6.54 Å². The minimum absolute atomic E-state index is 0.200. The summed E-state index contributed by atoms with van der Waals surface area (Å²) in [5, 5.41) is 18.7. The predicted molar refractivity (Wildman–Crippen MR) is 103 cm³/mol. The predicted octanol–water partition coefficient (Wildman–Crippen LogP) is 3.07. The van der Waals surface area contributed by atoms with E-state index in [9.17, 15) is 4.79 Å². The SMILES string of the molecule is Cc1ccc(NC(=O)c2cccc(CN3CCCC3c3nonc3C)c2)nn1. The number of carbonyl (C=O) groups is 1. The Morgan fingerprint density at radius 3 is 2.86 bits per heavy atom. The lowest BCUT2D eigenvalue weighted by atomic mass is 10.1. The van der Waals surface area contributed by atoms with Gasteiger partial charge in [0.15, 0.2) is 5.82 Å². The Hall–Kier alpha value is -3.13. The average molecular weight is 378 g/mol. The van der Waals surface area contributed by atoms with E-state index in [0.717, 1.165) is 48.6 Å². The summed E-state index contributed by atoms with van der Waals surface area (Å²) in [6, 6.07) is 11.4. The van der Waals surface area contributed by atoms with Crippen LogP contribution in [0.25, 0.3) is 0 Å². The van der Waals surface area contributed by atoms with Gasteiger partial charge >= 0.3 is 0 Å².